The van der Waals surface area contributed by atoms with E-state index in [0.29, 0.717) is 17.9 Å². The summed E-state index contributed by atoms with van der Waals surface area (Å²) < 4.78 is 25.7. The number of aryl methyl sites for hydroxylation is 1. The average molecular weight is 389 g/mol. The van der Waals surface area contributed by atoms with Crippen molar-refractivity contribution in [3.63, 3.8) is 0 Å². The Balaban J connectivity index is 1.92. The molecule has 146 valence electrons. The molecule has 0 radical (unpaired) electrons. The van der Waals surface area contributed by atoms with E-state index in [1.54, 1.807) is 6.92 Å². The molecule has 2 aromatic rings. The second kappa shape index (κ2) is 6.82. The zero-order valence-corrected chi connectivity index (χ0v) is 17.5. The quantitative estimate of drug-likeness (QED) is 0.871. The Morgan fingerprint density at radius 2 is 1.93 bits per heavy atom. The van der Waals surface area contributed by atoms with Crippen LogP contribution in [0.15, 0.2) is 30.3 Å². The molecule has 1 amide bonds. The minimum atomic E-state index is -3.07. The van der Waals surface area contributed by atoms with Crippen LogP contribution in [0.25, 0.3) is 5.69 Å². The van der Waals surface area contributed by atoms with Crippen molar-refractivity contribution in [2.45, 2.75) is 52.5 Å². The van der Waals surface area contributed by atoms with Crippen molar-refractivity contribution in [2.24, 2.45) is 0 Å². The second-order valence-corrected chi connectivity index (χ2v) is 10.4. The molecule has 1 aliphatic rings. The van der Waals surface area contributed by atoms with Crippen LogP contribution < -0.4 is 5.32 Å². The summed E-state index contributed by atoms with van der Waals surface area (Å²) in [6.07, 6.45) is 0.455. The van der Waals surface area contributed by atoms with Crippen LogP contribution in [-0.4, -0.2) is 35.9 Å². The number of benzene rings is 1. The third-order valence-corrected chi connectivity index (χ3v) is 7.29. The number of nitrogens with zero attached hydrogens (tertiary/aromatic N) is 1. The summed E-state index contributed by atoms with van der Waals surface area (Å²) in [5, 5.41) is 2.96. The van der Waals surface area contributed by atoms with Gasteiger partial charge in [0.1, 0.15) is 0 Å². The molecule has 6 heteroatoms. The van der Waals surface area contributed by atoms with Crippen LogP contribution in [-0.2, 0) is 9.84 Å². The Bertz CT molecular complexity index is 989. The average Bonchev–Trinajstić information content (AvgIpc) is 3.02. The van der Waals surface area contributed by atoms with E-state index < -0.39 is 15.4 Å². The van der Waals surface area contributed by atoms with Gasteiger partial charge in [-0.05, 0) is 56.9 Å². The number of hydrogen-bond donors (Lipinski definition) is 1. The third-order valence-electron chi connectivity index (χ3n) is 5.39. The number of nitrogens with one attached hydrogen (secondary N) is 1. The molecule has 0 saturated carbocycles. The molecule has 0 aliphatic carbocycles. The van der Waals surface area contributed by atoms with Gasteiger partial charge in [-0.2, -0.15) is 0 Å². The normalized spacial score (nSPS) is 21.6. The lowest BCUT2D eigenvalue weighted by molar-refractivity contribution is 0.0915. The van der Waals surface area contributed by atoms with Gasteiger partial charge in [-0.25, -0.2) is 8.42 Å². The first-order valence-electron chi connectivity index (χ1n) is 9.33. The number of amides is 1. The standard InChI is InChI=1S/C21H28N2O3S/c1-14(2)17-7-6-8-18(12-17)23-15(3)11-19(16(23)4)20(24)22-21(5)9-10-27(25,26)13-21/h6-8,11-12,14H,9-10,13H2,1-5H3,(H,22,24). The van der Waals surface area contributed by atoms with Gasteiger partial charge in [-0.3, -0.25) is 4.79 Å². The van der Waals surface area contributed by atoms with Crippen LogP contribution in [0.3, 0.4) is 0 Å². The molecule has 1 fully saturated rings. The Morgan fingerprint density at radius 3 is 2.52 bits per heavy atom. The monoisotopic (exact) mass is 388 g/mol. The van der Waals surface area contributed by atoms with Gasteiger partial charge in [-0.15, -0.1) is 0 Å². The molecule has 1 saturated heterocycles. The van der Waals surface area contributed by atoms with Crippen LogP contribution in [0, 0.1) is 13.8 Å². The summed E-state index contributed by atoms with van der Waals surface area (Å²) in [6.45, 7) is 10.0. The predicted molar refractivity (Wildman–Crippen MR) is 108 cm³/mol. The first-order chi connectivity index (χ1) is 12.5. The molecular weight excluding hydrogens is 360 g/mol. The highest BCUT2D eigenvalue weighted by Crippen LogP contribution is 2.26. The zero-order chi connectivity index (χ0) is 20.0. The van der Waals surface area contributed by atoms with Gasteiger partial charge in [0.05, 0.1) is 22.6 Å². The van der Waals surface area contributed by atoms with Gasteiger partial charge in [0.25, 0.3) is 5.91 Å². The molecule has 5 nitrogen and oxygen atoms in total. The molecule has 27 heavy (non-hydrogen) atoms. The lowest BCUT2D eigenvalue weighted by Gasteiger charge is -2.24. The largest absolute Gasteiger partial charge is 0.346 e. The fourth-order valence-corrected chi connectivity index (χ4v) is 5.96. The number of aromatic nitrogens is 1. The third kappa shape index (κ3) is 3.95. The SMILES string of the molecule is Cc1cc(C(=O)NC2(C)CCS(=O)(=O)C2)c(C)n1-c1cccc(C(C)C)c1. The maximum atomic E-state index is 12.9. The molecule has 1 N–H and O–H groups in total. The molecule has 1 atom stereocenters. The predicted octanol–water partition coefficient (Wildman–Crippen LogP) is 3.52. The summed E-state index contributed by atoms with van der Waals surface area (Å²) in [4.78, 5) is 12.9. The Labute approximate surface area is 161 Å². The molecule has 2 heterocycles. The van der Waals surface area contributed by atoms with Gasteiger partial charge >= 0.3 is 0 Å². The van der Waals surface area contributed by atoms with Crippen molar-refractivity contribution >= 4 is 15.7 Å². The molecule has 1 unspecified atom stereocenters. The Hall–Kier alpha value is -2.08. The molecule has 1 aromatic heterocycles. The maximum Gasteiger partial charge on any atom is 0.253 e. The molecule has 1 aliphatic heterocycles. The van der Waals surface area contributed by atoms with E-state index in [2.05, 4.69) is 35.9 Å². The number of carbonyl (C=O) groups is 1. The fourth-order valence-electron chi connectivity index (χ4n) is 3.86. The minimum absolute atomic E-state index is 0.000905. The number of hydrogen-bond acceptors (Lipinski definition) is 3. The highest BCUT2D eigenvalue weighted by atomic mass is 32.2. The summed E-state index contributed by atoms with van der Waals surface area (Å²) in [5.74, 6) is 0.341. The molecule has 3 rings (SSSR count). The highest BCUT2D eigenvalue weighted by molar-refractivity contribution is 7.91. The van der Waals surface area contributed by atoms with Gasteiger partial charge in [0, 0.05) is 17.1 Å². The van der Waals surface area contributed by atoms with Crippen molar-refractivity contribution in [3.8, 4) is 5.69 Å². The van der Waals surface area contributed by atoms with Crippen LogP contribution in [0.4, 0.5) is 0 Å². The van der Waals surface area contributed by atoms with Gasteiger partial charge in [-0.1, -0.05) is 26.0 Å². The zero-order valence-electron chi connectivity index (χ0n) is 16.7. The second-order valence-electron chi connectivity index (χ2n) is 8.23. The summed E-state index contributed by atoms with van der Waals surface area (Å²) in [5.41, 5.74) is 4.00. The first kappa shape index (κ1) is 19.7. The van der Waals surface area contributed by atoms with E-state index in [9.17, 15) is 13.2 Å². The van der Waals surface area contributed by atoms with Crippen LogP contribution in [0.2, 0.25) is 0 Å². The van der Waals surface area contributed by atoms with E-state index in [1.807, 2.05) is 32.0 Å². The first-order valence-corrected chi connectivity index (χ1v) is 11.2. The lowest BCUT2D eigenvalue weighted by Crippen LogP contribution is -2.47. The van der Waals surface area contributed by atoms with Crippen molar-refractivity contribution < 1.29 is 13.2 Å². The van der Waals surface area contributed by atoms with Crippen LogP contribution in [0.1, 0.15) is 60.4 Å². The molecule has 0 bridgehead atoms. The number of rotatable bonds is 4. The van der Waals surface area contributed by atoms with Gasteiger partial charge in [0.15, 0.2) is 9.84 Å². The number of carbonyl (C=O) groups excluding carboxylic acids is 1. The Kier molecular flexibility index (Phi) is 4.97. The highest BCUT2D eigenvalue weighted by Gasteiger charge is 2.40. The minimum Gasteiger partial charge on any atom is -0.346 e. The van der Waals surface area contributed by atoms with E-state index in [0.717, 1.165) is 17.1 Å². The smallest absolute Gasteiger partial charge is 0.253 e. The van der Waals surface area contributed by atoms with Crippen molar-refractivity contribution in [2.75, 3.05) is 11.5 Å². The summed E-state index contributed by atoms with van der Waals surface area (Å²) >= 11 is 0. The lowest BCUT2D eigenvalue weighted by atomic mass is 10.0. The maximum absolute atomic E-state index is 12.9. The molecule has 1 aromatic carbocycles. The molecular formula is C21H28N2O3S. The van der Waals surface area contributed by atoms with E-state index in [4.69, 9.17) is 0 Å². The van der Waals surface area contributed by atoms with Crippen molar-refractivity contribution in [1.82, 2.24) is 9.88 Å². The van der Waals surface area contributed by atoms with E-state index in [-0.39, 0.29) is 17.4 Å². The van der Waals surface area contributed by atoms with E-state index in [1.165, 1.54) is 5.56 Å². The van der Waals surface area contributed by atoms with E-state index >= 15 is 0 Å². The fraction of sp³-hybridized carbons (Fsp3) is 0.476. The summed E-state index contributed by atoms with van der Waals surface area (Å²) in [7, 11) is -3.07. The van der Waals surface area contributed by atoms with Crippen molar-refractivity contribution in [1.29, 1.82) is 0 Å². The van der Waals surface area contributed by atoms with Gasteiger partial charge < -0.3 is 9.88 Å². The van der Waals surface area contributed by atoms with Crippen LogP contribution in [0.5, 0.6) is 0 Å². The van der Waals surface area contributed by atoms with Crippen LogP contribution >= 0.6 is 0 Å². The number of sulfone groups is 1. The Morgan fingerprint density at radius 1 is 1.22 bits per heavy atom. The topological polar surface area (TPSA) is 68.2 Å². The summed E-state index contributed by atoms with van der Waals surface area (Å²) in [6, 6.07) is 10.2. The van der Waals surface area contributed by atoms with Crippen molar-refractivity contribution in [3.05, 3.63) is 52.8 Å². The molecule has 0 spiro atoms. The van der Waals surface area contributed by atoms with Gasteiger partial charge in [0.2, 0.25) is 0 Å².